The molecule has 66 valence electrons. The Morgan fingerprint density at radius 2 is 1.91 bits per heavy atom. The number of unbranched alkanes of at least 4 members (excludes halogenated alkanes) is 3. The van der Waals surface area contributed by atoms with Crippen molar-refractivity contribution in [2.45, 2.75) is 45.7 Å². The van der Waals surface area contributed by atoms with Crippen LogP contribution in [0.4, 0.5) is 0 Å². The predicted molar refractivity (Wildman–Crippen MR) is 54.4 cm³/mol. The van der Waals surface area contributed by atoms with Crippen LogP contribution in [0.5, 0.6) is 0 Å². The second-order valence-electron chi connectivity index (χ2n) is 3.62. The monoisotopic (exact) mass is 173 g/mol. The second kappa shape index (κ2) is 5.55. The van der Waals surface area contributed by atoms with Crippen molar-refractivity contribution >= 4 is 8.32 Å². The van der Waals surface area contributed by atoms with Crippen LogP contribution < -0.4 is 0 Å². The second-order valence-corrected chi connectivity index (χ2v) is 7.40. The van der Waals surface area contributed by atoms with Crippen molar-refractivity contribution in [3.05, 3.63) is 11.8 Å². The van der Waals surface area contributed by atoms with E-state index < -0.39 is 8.32 Å². The Morgan fingerprint density at radius 3 is 2.36 bits per heavy atom. The number of rotatable bonds is 5. The minimum Gasteiger partial charge on any atom is -0.539 e. The summed E-state index contributed by atoms with van der Waals surface area (Å²) in [7, 11) is -1.65. The molecule has 0 rings (SSSR count). The molecule has 0 spiro atoms. The molecule has 0 saturated heterocycles. The van der Waals surface area contributed by atoms with Gasteiger partial charge in [-0.1, -0.05) is 25.8 Å². The quantitative estimate of drug-likeness (QED) is 0.346. The molecular formula is C9H21OSi+. The maximum atomic E-state index is 7.66. The van der Waals surface area contributed by atoms with Gasteiger partial charge in [0.05, 0.1) is 0 Å². The minimum atomic E-state index is -1.65. The summed E-state index contributed by atoms with van der Waals surface area (Å²) in [6, 6.07) is 0. The van der Waals surface area contributed by atoms with Crippen molar-refractivity contribution in [1.29, 1.82) is 0 Å². The maximum absolute atomic E-state index is 7.66. The number of hydrogen-bond acceptors (Lipinski definition) is 0. The summed E-state index contributed by atoms with van der Waals surface area (Å²) in [4.78, 5) is 7.66. The normalized spacial score (nSPS) is 12.7. The van der Waals surface area contributed by atoms with Crippen LogP contribution in [0.1, 0.15) is 32.6 Å². The summed E-state index contributed by atoms with van der Waals surface area (Å²) in [5.74, 6) is 0. The first-order valence-electron chi connectivity index (χ1n) is 4.49. The molecule has 0 radical (unpaired) electrons. The van der Waals surface area contributed by atoms with Crippen LogP contribution in [-0.4, -0.2) is 13.1 Å². The van der Waals surface area contributed by atoms with E-state index in [9.17, 15) is 0 Å². The molecule has 2 heteroatoms. The molecule has 0 fully saturated rings. The van der Waals surface area contributed by atoms with E-state index in [1.165, 1.54) is 25.7 Å². The minimum absolute atomic E-state index is 1.17. The summed E-state index contributed by atoms with van der Waals surface area (Å²) in [6.07, 6.45) is 7.26. The van der Waals surface area contributed by atoms with Crippen LogP contribution in [-0.2, 0) is 0 Å². The van der Waals surface area contributed by atoms with E-state index >= 15 is 0 Å². The fourth-order valence-electron chi connectivity index (χ4n) is 0.890. The smallest absolute Gasteiger partial charge is 0.403 e. The molecule has 0 atom stereocenters. The molecular weight excluding hydrogens is 152 g/mol. The number of allylic oxidation sites excluding steroid dienone is 1. The van der Waals surface area contributed by atoms with E-state index in [0.29, 0.717) is 0 Å². The Labute approximate surface area is 71.3 Å². The Hall–Kier alpha value is -0.0831. The molecule has 0 aromatic heterocycles. The third-order valence-corrected chi connectivity index (χ3v) is 2.58. The number of hydrogen-bond donors (Lipinski definition) is 0. The van der Waals surface area contributed by atoms with Crippen LogP contribution in [0.2, 0.25) is 13.1 Å². The van der Waals surface area contributed by atoms with E-state index in [-0.39, 0.29) is 0 Å². The van der Waals surface area contributed by atoms with E-state index in [1.54, 1.807) is 0 Å². The molecule has 0 heterocycles. The summed E-state index contributed by atoms with van der Waals surface area (Å²) >= 11 is 0. The van der Waals surface area contributed by atoms with Crippen molar-refractivity contribution in [1.82, 2.24) is 0 Å². The summed E-state index contributed by atoms with van der Waals surface area (Å²) in [6.45, 7) is 6.31. The maximum Gasteiger partial charge on any atom is 0.403 e. The zero-order valence-corrected chi connectivity index (χ0v) is 8.98. The lowest BCUT2D eigenvalue weighted by molar-refractivity contribution is 0.567. The van der Waals surface area contributed by atoms with Gasteiger partial charge in [-0.3, -0.25) is 0 Å². The van der Waals surface area contributed by atoms with Crippen molar-refractivity contribution in [2.24, 2.45) is 0 Å². The lowest BCUT2D eigenvalue weighted by Crippen LogP contribution is -2.21. The zero-order chi connectivity index (χ0) is 8.74. The van der Waals surface area contributed by atoms with E-state index in [1.807, 2.05) is 13.1 Å². The fraction of sp³-hybridized carbons (Fsp3) is 0.778. The highest BCUT2D eigenvalue weighted by Gasteiger charge is 2.20. The molecule has 0 aliphatic heterocycles. The van der Waals surface area contributed by atoms with Gasteiger partial charge in [-0.25, -0.2) is 0 Å². The van der Waals surface area contributed by atoms with Gasteiger partial charge in [-0.2, -0.15) is 0 Å². The van der Waals surface area contributed by atoms with Crippen molar-refractivity contribution in [2.75, 3.05) is 0 Å². The SMILES string of the molecule is CCCCC/C=C\[Si](C)(C)[OH2+]. The van der Waals surface area contributed by atoms with Crippen LogP contribution in [0.15, 0.2) is 11.8 Å². The Kier molecular flexibility index (Phi) is 5.51. The molecule has 0 aliphatic rings. The molecule has 0 saturated carbocycles. The van der Waals surface area contributed by atoms with Crippen molar-refractivity contribution in [3.63, 3.8) is 0 Å². The molecule has 0 amide bonds. The van der Waals surface area contributed by atoms with E-state index in [0.717, 1.165) is 0 Å². The zero-order valence-electron chi connectivity index (χ0n) is 7.98. The highest BCUT2D eigenvalue weighted by molar-refractivity contribution is 6.74. The lowest BCUT2D eigenvalue weighted by atomic mass is 10.2. The molecule has 2 N–H and O–H groups in total. The molecule has 0 unspecified atom stereocenters. The van der Waals surface area contributed by atoms with Crippen LogP contribution in [0, 0.1) is 0 Å². The average Bonchev–Trinajstić information content (AvgIpc) is 1.85. The van der Waals surface area contributed by atoms with Gasteiger partial charge >= 0.3 is 8.32 Å². The van der Waals surface area contributed by atoms with Gasteiger partial charge in [0.25, 0.3) is 0 Å². The Bertz CT molecular complexity index is 113. The first kappa shape index (κ1) is 10.9. The Morgan fingerprint density at radius 1 is 1.27 bits per heavy atom. The molecule has 0 aliphatic carbocycles. The largest absolute Gasteiger partial charge is 0.539 e. The first-order valence-corrected chi connectivity index (χ1v) is 7.56. The van der Waals surface area contributed by atoms with E-state index in [4.69, 9.17) is 4.80 Å². The van der Waals surface area contributed by atoms with Gasteiger partial charge in [0.2, 0.25) is 0 Å². The molecule has 0 aromatic rings. The van der Waals surface area contributed by atoms with Gasteiger partial charge in [0.1, 0.15) is 0 Å². The van der Waals surface area contributed by atoms with Gasteiger partial charge < -0.3 is 4.80 Å². The van der Waals surface area contributed by atoms with Crippen molar-refractivity contribution < 1.29 is 4.80 Å². The third-order valence-electron chi connectivity index (χ3n) is 1.51. The fourth-order valence-corrected chi connectivity index (χ4v) is 1.65. The molecule has 11 heavy (non-hydrogen) atoms. The van der Waals surface area contributed by atoms with Crippen LogP contribution in [0.3, 0.4) is 0 Å². The molecule has 0 aromatic carbocycles. The topological polar surface area (TPSA) is 22.9 Å². The van der Waals surface area contributed by atoms with Gasteiger partial charge in [0.15, 0.2) is 0 Å². The van der Waals surface area contributed by atoms with Crippen molar-refractivity contribution in [3.8, 4) is 0 Å². The van der Waals surface area contributed by atoms with Gasteiger partial charge in [-0.05, 0) is 18.5 Å². The van der Waals surface area contributed by atoms with Crippen LogP contribution in [0.25, 0.3) is 0 Å². The lowest BCUT2D eigenvalue weighted by Gasteiger charge is -1.98. The van der Waals surface area contributed by atoms with Gasteiger partial charge in [-0.15, -0.1) is 0 Å². The summed E-state index contributed by atoms with van der Waals surface area (Å²) in [5.41, 5.74) is 2.11. The highest BCUT2D eigenvalue weighted by atomic mass is 28.4. The van der Waals surface area contributed by atoms with Crippen LogP contribution >= 0.6 is 0 Å². The predicted octanol–water partition coefficient (Wildman–Crippen LogP) is 2.59. The molecule has 0 bridgehead atoms. The first-order chi connectivity index (χ1) is 5.06. The average molecular weight is 173 g/mol. The van der Waals surface area contributed by atoms with E-state index in [2.05, 4.69) is 18.7 Å². The summed E-state index contributed by atoms with van der Waals surface area (Å²) < 4.78 is 0. The third kappa shape index (κ3) is 9.92. The highest BCUT2D eigenvalue weighted by Crippen LogP contribution is 2.03. The van der Waals surface area contributed by atoms with Gasteiger partial charge in [0, 0.05) is 13.1 Å². The summed E-state index contributed by atoms with van der Waals surface area (Å²) in [5, 5.41) is 0. The standard InChI is InChI=1S/C9H20OSi/c1-4-5-6-7-8-9-11(2,3)10/h8-10H,4-7H2,1-3H3/p+1/b9-8-. The molecule has 1 nitrogen and oxygen atoms in total. The Balaban J connectivity index is 3.30.